The molecular formula is C22H34N2O3. The van der Waals surface area contributed by atoms with Crippen LogP contribution >= 0.6 is 0 Å². The van der Waals surface area contributed by atoms with Crippen LogP contribution in [0.3, 0.4) is 0 Å². The van der Waals surface area contributed by atoms with E-state index in [9.17, 15) is 10.1 Å². The van der Waals surface area contributed by atoms with E-state index < -0.39 is 5.60 Å². The Labute approximate surface area is 164 Å². The first-order valence-corrected chi connectivity index (χ1v) is 10.1. The lowest BCUT2D eigenvalue weighted by atomic mass is 9.96. The first-order chi connectivity index (χ1) is 12.9. The molecule has 1 amide bonds. The zero-order chi connectivity index (χ0) is 20.3. The number of ether oxygens (including phenoxy) is 2. The molecule has 0 aliphatic rings. The van der Waals surface area contributed by atoms with Crippen molar-refractivity contribution in [2.75, 3.05) is 11.9 Å². The fraction of sp³-hybridized carbons (Fsp3) is 0.636. The fourth-order valence-electron chi connectivity index (χ4n) is 2.66. The van der Waals surface area contributed by atoms with Gasteiger partial charge in [-0.15, -0.1) is 0 Å². The second-order valence-corrected chi connectivity index (χ2v) is 7.15. The minimum atomic E-state index is -0.899. The van der Waals surface area contributed by atoms with Crippen LogP contribution in [0.1, 0.15) is 78.7 Å². The maximum atomic E-state index is 12.9. The molecule has 0 aliphatic carbocycles. The summed E-state index contributed by atoms with van der Waals surface area (Å²) in [5.41, 5.74) is -0.0274. The van der Waals surface area contributed by atoms with Gasteiger partial charge in [0.05, 0.1) is 17.4 Å². The van der Waals surface area contributed by atoms with E-state index in [-0.39, 0.29) is 12.0 Å². The number of amides is 1. The number of hydrogen-bond donors (Lipinski definition) is 1. The predicted octanol–water partition coefficient (Wildman–Crippen LogP) is 5.44. The van der Waals surface area contributed by atoms with Crippen molar-refractivity contribution in [3.05, 3.63) is 23.8 Å². The van der Waals surface area contributed by atoms with Gasteiger partial charge < -0.3 is 14.8 Å². The number of unbranched alkanes of at least 4 members (excludes halogenated alkanes) is 2. The molecular weight excluding hydrogens is 340 g/mol. The Morgan fingerprint density at radius 2 is 2.00 bits per heavy atom. The smallest absolute Gasteiger partial charge is 0.256 e. The molecule has 0 aliphatic heterocycles. The fourth-order valence-corrected chi connectivity index (χ4v) is 2.66. The molecule has 0 aromatic heterocycles. The average molecular weight is 375 g/mol. The zero-order valence-corrected chi connectivity index (χ0v) is 17.4. The number of carbonyl (C=O) groups is 1. The van der Waals surface area contributed by atoms with Crippen LogP contribution in [0.25, 0.3) is 0 Å². The van der Waals surface area contributed by atoms with Gasteiger partial charge in [0.25, 0.3) is 5.91 Å². The largest absolute Gasteiger partial charge is 0.491 e. The van der Waals surface area contributed by atoms with Crippen LogP contribution in [0.5, 0.6) is 5.75 Å². The molecule has 2 atom stereocenters. The van der Waals surface area contributed by atoms with Crippen LogP contribution in [0, 0.1) is 11.3 Å². The molecule has 5 nitrogen and oxygen atoms in total. The van der Waals surface area contributed by atoms with Crippen molar-refractivity contribution in [2.45, 2.75) is 84.8 Å². The minimum Gasteiger partial charge on any atom is -0.491 e. The number of benzene rings is 1. The van der Waals surface area contributed by atoms with Gasteiger partial charge in [0.1, 0.15) is 17.4 Å². The van der Waals surface area contributed by atoms with E-state index in [1.807, 2.05) is 27.7 Å². The Morgan fingerprint density at radius 3 is 2.59 bits per heavy atom. The highest BCUT2D eigenvalue weighted by Gasteiger charge is 2.34. The highest BCUT2D eigenvalue weighted by Crippen LogP contribution is 2.26. The topological polar surface area (TPSA) is 71.3 Å². The number of nitrogens with one attached hydrogen (secondary N) is 1. The van der Waals surface area contributed by atoms with Gasteiger partial charge in [0.15, 0.2) is 0 Å². The van der Waals surface area contributed by atoms with Crippen LogP contribution in [-0.2, 0) is 9.53 Å². The van der Waals surface area contributed by atoms with Crippen LogP contribution in [0.4, 0.5) is 5.69 Å². The van der Waals surface area contributed by atoms with Crippen molar-refractivity contribution >= 4 is 11.6 Å². The molecule has 0 saturated heterocycles. The number of nitriles is 1. The van der Waals surface area contributed by atoms with Gasteiger partial charge in [-0.3, -0.25) is 4.79 Å². The van der Waals surface area contributed by atoms with Gasteiger partial charge in [-0.2, -0.15) is 5.26 Å². The number of anilines is 1. The van der Waals surface area contributed by atoms with Crippen LogP contribution < -0.4 is 10.1 Å². The Balaban J connectivity index is 2.94. The third-order valence-corrected chi connectivity index (χ3v) is 4.63. The molecule has 1 aromatic carbocycles. The molecule has 0 unspecified atom stereocenters. The molecule has 0 spiro atoms. The number of nitrogens with zero attached hydrogens (tertiary/aromatic N) is 1. The Bertz CT molecular complexity index is 639. The summed E-state index contributed by atoms with van der Waals surface area (Å²) in [6, 6.07) is 7.32. The molecule has 0 heterocycles. The van der Waals surface area contributed by atoms with Gasteiger partial charge in [-0.1, -0.05) is 40.0 Å². The standard InChI is InChI=1S/C22H34N2O3/c1-6-9-10-13-22(5,26-14-7-2)21(25)24-20-12-11-19(15-18(20)16-23)27-17(4)8-3/h11-12,15,17H,6-10,13-14H2,1-5H3,(H,24,25)/t17-,22-/m0/s1. The average Bonchev–Trinajstić information content (AvgIpc) is 2.67. The predicted molar refractivity (Wildman–Crippen MR) is 109 cm³/mol. The van der Waals surface area contributed by atoms with E-state index in [4.69, 9.17) is 9.47 Å². The molecule has 0 fully saturated rings. The molecule has 0 radical (unpaired) electrons. The summed E-state index contributed by atoms with van der Waals surface area (Å²) in [5, 5.41) is 12.4. The molecule has 1 rings (SSSR count). The summed E-state index contributed by atoms with van der Waals surface area (Å²) < 4.78 is 11.7. The molecule has 27 heavy (non-hydrogen) atoms. The lowest BCUT2D eigenvalue weighted by molar-refractivity contribution is -0.140. The summed E-state index contributed by atoms with van der Waals surface area (Å²) in [7, 11) is 0. The molecule has 1 aromatic rings. The van der Waals surface area contributed by atoms with Gasteiger partial charge in [-0.05, 0) is 45.2 Å². The maximum Gasteiger partial charge on any atom is 0.256 e. The van der Waals surface area contributed by atoms with Gasteiger partial charge in [-0.25, -0.2) is 0 Å². The molecule has 0 saturated carbocycles. The van der Waals surface area contributed by atoms with Crippen molar-refractivity contribution in [1.82, 2.24) is 0 Å². The van der Waals surface area contributed by atoms with Crippen molar-refractivity contribution < 1.29 is 14.3 Å². The van der Waals surface area contributed by atoms with Gasteiger partial charge in [0, 0.05) is 12.7 Å². The lowest BCUT2D eigenvalue weighted by Crippen LogP contribution is -2.43. The first-order valence-electron chi connectivity index (χ1n) is 10.1. The van der Waals surface area contributed by atoms with Crippen molar-refractivity contribution in [3.63, 3.8) is 0 Å². The van der Waals surface area contributed by atoms with Crippen molar-refractivity contribution in [2.24, 2.45) is 0 Å². The van der Waals surface area contributed by atoms with E-state index in [2.05, 4.69) is 18.3 Å². The minimum absolute atomic E-state index is 0.0706. The van der Waals surface area contributed by atoms with Crippen LogP contribution in [0.15, 0.2) is 18.2 Å². The monoisotopic (exact) mass is 374 g/mol. The van der Waals surface area contributed by atoms with E-state index in [0.717, 1.165) is 32.1 Å². The molecule has 5 heteroatoms. The van der Waals surface area contributed by atoms with E-state index in [1.54, 1.807) is 18.2 Å². The molecule has 0 bridgehead atoms. The zero-order valence-electron chi connectivity index (χ0n) is 17.4. The normalized spacial score (nSPS) is 14.1. The Morgan fingerprint density at radius 1 is 1.26 bits per heavy atom. The molecule has 150 valence electrons. The Kier molecular flexibility index (Phi) is 9.88. The summed E-state index contributed by atoms with van der Waals surface area (Å²) in [6.45, 7) is 10.5. The Hall–Kier alpha value is -2.06. The SMILES string of the molecule is CCCCC[C@](C)(OCCC)C(=O)Nc1ccc(O[C@@H](C)CC)cc1C#N. The second-order valence-electron chi connectivity index (χ2n) is 7.15. The lowest BCUT2D eigenvalue weighted by Gasteiger charge is -2.29. The maximum absolute atomic E-state index is 12.9. The summed E-state index contributed by atoms with van der Waals surface area (Å²) in [4.78, 5) is 12.9. The van der Waals surface area contributed by atoms with Crippen molar-refractivity contribution in [1.29, 1.82) is 5.26 Å². The van der Waals surface area contributed by atoms with E-state index in [0.29, 0.717) is 30.0 Å². The highest BCUT2D eigenvalue weighted by atomic mass is 16.5. The van der Waals surface area contributed by atoms with Crippen LogP contribution in [-0.4, -0.2) is 24.2 Å². The first kappa shape index (κ1) is 23.0. The van der Waals surface area contributed by atoms with Gasteiger partial charge in [0.2, 0.25) is 0 Å². The third-order valence-electron chi connectivity index (χ3n) is 4.63. The highest BCUT2D eigenvalue weighted by molar-refractivity contribution is 5.98. The number of hydrogen-bond acceptors (Lipinski definition) is 4. The molecule has 1 N–H and O–H groups in total. The van der Waals surface area contributed by atoms with Crippen LogP contribution in [0.2, 0.25) is 0 Å². The van der Waals surface area contributed by atoms with Gasteiger partial charge >= 0.3 is 0 Å². The summed E-state index contributed by atoms with van der Waals surface area (Å²) in [5.74, 6) is 0.422. The van der Waals surface area contributed by atoms with Crippen molar-refractivity contribution in [3.8, 4) is 11.8 Å². The second kappa shape index (κ2) is 11.6. The van der Waals surface area contributed by atoms with E-state index >= 15 is 0 Å². The number of rotatable bonds is 12. The quantitative estimate of drug-likeness (QED) is 0.495. The van der Waals surface area contributed by atoms with E-state index in [1.165, 1.54) is 0 Å². The number of carbonyl (C=O) groups excluding carboxylic acids is 1. The third kappa shape index (κ3) is 7.22. The summed E-state index contributed by atoms with van der Waals surface area (Å²) in [6.07, 6.45) is 5.53. The summed E-state index contributed by atoms with van der Waals surface area (Å²) >= 11 is 0.